The van der Waals surface area contributed by atoms with Gasteiger partial charge in [-0.15, -0.1) is 0 Å². The first-order chi connectivity index (χ1) is 11.1. The molecule has 23 heavy (non-hydrogen) atoms. The van der Waals surface area contributed by atoms with E-state index >= 15 is 0 Å². The van der Waals surface area contributed by atoms with Gasteiger partial charge >= 0.3 is 11.8 Å². The van der Waals surface area contributed by atoms with Gasteiger partial charge in [0, 0.05) is 25.1 Å². The van der Waals surface area contributed by atoms with Gasteiger partial charge in [-0.1, -0.05) is 12.1 Å². The molecule has 0 spiro atoms. The van der Waals surface area contributed by atoms with Gasteiger partial charge in [0.15, 0.2) is 0 Å². The molecule has 2 aliphatic carbocycles. The quantitative estimate of drug-likeness (QED) is 0.723. The van der Waals surface area contributed by atoms with E-state index < -0.39 is 11.8 Å². The first-order valence-electron chi connectivity index (χ1n) is 8.02. The molecule has 0 saturated heterocycles. The summed E-state index contributed by atoms with van der Waals surface area (Å²) in [7, 11) is 0. The van der Waals surface area contributed by atoms with Crippen LogP contribution in [0.3, 0.4) is 0 Å². The Kier molecular flexibility index (Phi) is 4.61. The van der Waals surface area contributed by atoms with Crippen molar-refractivity contribution in [3.8, 4) is 0 Å². The number of hydrogen-bond donors (Lipinski definition) is 3. The molecule has 1 aromatic carbocycles. The van der Waals surface area contributed by atoms with Crippen molar-refractivity contribution in [2.75, 3.05) is 6.61 Å². The fourth-order valence-electron chi connectivity index (χ4n) is 3.98. The topological polar surface area (TPSA) is 78.4 Å². The Morgan fingerprint density at radius 1 is 1.13 bits per heavy atom. The van der Waals surface area contributed by atoms with Gasteiger partial charge in [-0.05, 0) is 48.8 Å². The zero-order valence-electron chi connectivity index (χ0n) is 12.8. The maximum atomic E-state index is 12.8. The number of hydrogen-bond acceptors (Lipinski definition) is 3. The van der Waals surface area contributed by atoms with E-state index in [-0.39, 0.29) is 30.9 Å². The van der Waals surface area contributed by atoms with Crippen LogP contribution in [0.15, 0.2) is 24.3 Å². The molecule has 5 nitrogen and oxygen atoms in total. The van der Waals surface area contributed by atoms with E-state index in [1.54, 1.807) is 12.1 Å². The predicted molar refractivity (Wildman–Crippen MR) is 81.6 cm³/mol. The molecular formula is C17H21FN2O3. The van der Waals surface area contributed by atoms with Crippen molar-refractivity contribution < 1.29 is 19.1 Å². The molecule has 3 N–H and O–H groups in total. The molecule has 2 amide bonds. The third-order valence-electron chi connectivity index (χ3n) is 5.17. The Balaban J connectivity index is 1.51. The van der Waals surface area contributed by atoms with E-state index in [4.69, 9.17) is 0 Å². The number of carbonyl (C=O) groups is 2. The van der Waals surface area contributed by atoms with Gasteiger partial charge in [-0.2, -0.15) is 0 Å². The van der Waals surface area contributed by atoms with Crippen LogP contribution in [-0.2, 0) is 16.1 Å². The maximum Gasteiger partial charge on any atom is 0.309 e. The Morgan fingerprint density at radius 3 is 2.52 bits per heavy atom. The molecule has 2 aliphatic rings. The number of nitrogens with one attached hydrogen (secondary N) is 2. The van der Waals surface area contributed by atoms with Gasteiger partial charge < -0.3 is 15.7 Å². The van der Waals surface area contributed by atoms with Crippen molar-refractivity contribution >= 4 is 11.8 Å². The predicted octanol–water partition coefficient (Wildman–Crippen LogP) is 0.965. The van der Waals surface area contributed by atoms with Gasteiger partial charge in [-0.25, -0.2) is 4.39 Å². The number of fused-ring (bicyclic) bond motifs is 2. The van der Waals surface area contributed by atoms with Crippen LogP contribution in [0.25, 0.3) is 0 Å². The molecule has 0 radical (unpaired) electrons. The Hall–Kier alpha value is -1.95. The molecule has 0 aliphatic heterocycles. The van der Waals surface area contributed by atoms with Crippen molar-refractivity contribution in [2.24, 2.45) is 17.8 Å². The van der Waals surface area contributed by atoms with Crippen LogP contribution < -0.4 is 10.6 Å². The molecule has 2 fully saturated rings. The molecule has 2 bridgehead atoms. The minimum atomic E-state index is -0.700. The van der Waals surface area contributed by atoms with Crippen LogP contribution in [0.4, 0.5) is 4.39 Å². The largest absolute Gasteiger partial charge is 0.396 e. The van der Waals surface area contributed by atoms with Crippen molar-refractivity contribution in [1.82, 2.24) is 10.6 Å². The zero-order chi connectivity index (χ0) is 16.4. The van der Waals surface area contributed by atoms with Gasteiger partial charge in [0.25, 0.3) is 0 Å². The van der Waals surface area contributed by atoms with Crippen LogP contribution >= 0.6 is 0 Å². The van der Waals surface area contributed by atoms with E-state index in [1.165, 1.54) is 12.1 Å². The average Bonchev–Trinajstić information content (AvgIpc) is 3.15. The highest BCUT2D eigenvalue weighted by atomic mass is 19.1. The second-order valence-corrected chi connectivity index (χ2v) is 6.49. The first-order valence-corrected chi connectivity index (χ1v) is 8.02. The summed E-state index contributed by atoms with van der Waals surface area (Å²) in [5.74, 6) is -0.827. The van der Waals surface area contributed by atoms with E-state index in [1.807, 2.05) is 0 Å². The fourth-order valence-corrected chi connectivity index (χ4v) is 3.98. The lowest BCUT2D eigenvalue weighted by Gasteiger charge is -2.30. The zero-order valence-corrected chi connectivity index (χ0v) is 12.8. The van der Waals surface area contributed by atoms with Gasteiger partial charge in [0.1, 0.15) is 5.82 Å². The van der Waals surface area contributed by atoms with Crippen molar-refractivity contribution in [2.45, 2.75) is 31.8 Å². The van der Waals surface area contributed by atoms with E-state index in [0.717, 1.165) is 24.8 Å². The normalized spacial score (nSPS) is 28.6. The second kappa shape index (κ2) is 6.66. The van der Waals surface area contributed by atoms with Crippen molar-refractivity contribution in [3.05, 3.63) is 35.6 Å². The van der Waals surface area contributed by atoms with Crippen molar-refractivity contribution in [3.63, 3.8) is 0 Å². The van der Waals surface area contributed by atoms with Crippen LogP contribution in [0.1, 0.15) is 24.8 Å². The number of halogens is 1. The second-order valence-electron chi connectivity index (χ2n) is 6.49. The third-order valence-corrected chi connectivity index (χ3v) is 5.17. The fraction of sp³-hybridized carbons (Fsp3) is 0.529. The molecule has 3 rings (SSSR count). The highest BCUT2D eigenvalue weighted by Crippen LogP contribution is 2.48. The van der Waals surface area contributed by atoms with E-state index in [9.17, 15) is 19.1 Å². The summed E-state index contributed by atoms with van der Waals surface area (Å²) in [6.07, 6.45) is 3.16. The first kappa shape index (κ1) is 15.9. The van der Waals surface area contributed by atoms with Crippen LogP contribution in [0.5, 0.6) is 0 Å². The summed E-state index contributed by atoms with van der Waals surface area (Å²) in [6, 6.07) is 5.63. The molecule has 4 unspecified atom stereocenters. The van der Waals surface area contributed by atoms with Crippen molar-refractivity contribution in [1.29, 1.82) is 0 Å². The van der Waals surface area contributed by atoms with Crippen LogP contribution in [0, 0.1) is 23.6 Å². The number of aliphatic hydroxyl groups is 1. The highest BCUT2D eigenvalue weighted by molar-refractivity contribution is 6.35. The number of rotatable bonds is 4. The number of benzene rings is 1. The van der Waals surface area contributed by atoms with Gasteiger partial charge in [0.05, 0.1) is 0 Å². The summed E-state index contributed by atoms with van der Waals surface area (Å²) in [5.41, 5.74) is 0.723. The molecule has 0 heterocycles. The average molecular weight is 320 g/mol. The lowest BCUT2D eigenvalue weighted by Crippen LogP contribution is -2.50. The van der Waals surface area contributed by atoms with Crippen LogP contribution in [0.2, 0.25) is 0 Å². The maximum absolute atomic E-state index is 12.8. The molecule has 6 heteroatoms. The Morgan fingerprint density at radius 2 is 1.83 bits per heavy atom. The Labute approximate surface area is 134 Å². The number of amides is 2. The summed E-state index contributed by atoms with van der Waals surface area (Å²) in [5, 5.41) is 14.8. The minimum absolute atomic E-state index is 0.0450. The van der Waals surface area contributed by atoms with Gasteiger partial charge in [0.2, 0.25) is 0 Å². The van der Waals surface area contributed by atoms with E-state index in [2.05, 4.69) is 10.6 Å². The standard InChI is InChI=1S/C17H21FN2O3/c18-13-5-1-10(2-6-13)8-19-16(22)17(23)20-15-12-4-3-11(7-12)14(15)9-21/h1-2,5-6,11-12,14-15,21H,3-4,7-9H2,(H,19,22)(H,20,23). The number of aliphatic hydroxyl groups excluding tert-OH is 1. The summed E-state index contributed by atoms with van der Waals surface area (Å²) in [6.45, 7) is 0.218. The molecule has 124 valence electrons. The smallest absolute Gasteiger partial charge is 0.309 e. The molecule has 4 atom stereocenters. The SMILES string of the molecule is O=C(NCc1ccc(F)cc1)C(=O)NC1C2CCC(C2)C1CO. The molecule has 0 aromatic heterocycles. The monoisotopic (exact) mass is 320 g/mol. The summed E-state index contributed by atoms with van der Waals surface area (Å²) < 4.78 is 12.8. The molecule has 2 saturated carbocycles. The summed E-state index contributed by atoms with van der Waals surface area (Å²) in [4.78, 5) is 24.0. The highest BCUT2D eigenvalue weighted by Gasteiger charge is 2.48. The lowest BCUT2D eigenvalue weighted by molar-refractivity contribution is -0.140. The Bertz CT molecular complexity index is 590. The van der Waals surface area contributed by atoms with Gasteiger partial charge in [-0.3, -0.25) is 9.59 Å². The third kappa shape index (κ3) is 3.37. The lowest BCUT2D eigenvalue weighted by atomic mass is 9.85. The number of carbonyl (C=O) groups excluding carboxylic acids is 2. The molecule has 1 aromatic rings. The summed E-state index contributed by atoms with van der Waals surface area (Å²) >= 11 is 0. The molecular weight excluding hydrogens is 299 g/mol. The minimum Gasteiger partial charge on any atom is -0.396 e. The van der Waals surface area contributed by atoms with Crippen LogP contribution in [-0.4, -0.2) is 29.6 Å². The van der Waals surface area contributed by atoms with E-state index in [0.29, 0.717) is 11.8 Å².